The molecule has 2 aromatic rings. The highest BCUT2D eigenvalue weighted by atomic mass is 14.5. The molecule has 0 bridgehead atoms. The topological polar surface area (TPSA) is 26.0 Å². The first-order valence-corrected chi connectivity index (χ1v) is 6.23. The van der Waals surface area contributed by atoms with Gasteiger partial charge in [0.25, 0.3) is 0 Å². The third-order valence-electron chi connectivity index (χ3n) is 2.97. The van der Waals surface area contributed by atoms with E-state index in [1.807, 2.05) is 12.1 Å². The molecule has 1 nitrogen and oxygen atoms in total. The van der Waals surface area contributed by atoms with Crippen molar-refractivity contribution in [3.63, 3.8) is 0 Å². The first kappa shape index (κ1) is 11.7. The first-order chi connectivity index (χ1) is 8.34. The average molecular weight is 225 g/mol. The van der Waals surface area contributed by atoms with Gasteiger partial charge in [0.15, 0.2) is 0 Å². The minimum atomic E-state index is 0.866. The van der Waals surface area contributed by atoms with E-state index in [-0.39, 0.29) is 0 Å². The Hall–Kier alpha value is -1.76. The van der Waals surface area contributed by atoms with Crippen LogP contribution in [0.1, 0.15) is 24.0 Å². The molecule has 0 saturated carbocycles. The van der Waals surface area contributed by atoms with E-state index in [1.54, 1.807) is 0 Å². The van der Waals surface area contributed by atoms with Crippen LogP contribution in [-0.2, 0) is 12.8 Å². The van der Waals surface area contributed by atoms with Gasteiger partial charge in [-0.15, -0.1) is 0 Å². The van der Waals surface area contributed by atoms with Gasteiger partial charge in [-0.05, 0) is 48.9 Å². The summed E-state index contributed by atoms with van der Waals surface area (Å²) in [7, 11) is 0. The number of nitrogen functional groups attached to an aromatic ring is 1. The number of unbranched alkanes of at least 4 members (excludes halogenated alkanes) is 1. The number of anilines is 1. The van der Waals surface area contributed by atoms with Gasteiger partial charge in [0.2, 0.25) is 0 Å². The second kappa shape index (κ2) is 6.09. The summed E-state index contributed by atoms with van der Waals surface area (Å²) in [4.78, 5) is 0. The van der Waals surface area contributed by atoms with Crippen molar-refractivity contribution in [3.05, 3.63) is 65.7 Å². The molecular formula is C16H19N. The summed E-state index contributed by atoms with van der Waals surface area (Å²) >= 11 is 0. The summed E-state index contributed by atoms with van der Waals surface area (Å²) in [5, 5.41) is 0. The van der Waals surface area contributed by atoms with Crippen LogP contribution in [0, 0.1) is 0 Å². The van der Waals surface area contributed by atoms with Gasteiger partial charge >= 0.3 is 0 Å². The fraction of sp³-hybridized carbons (Fsp3) is 0.250. The van der Waals surface area contributed by atoms with Crippen LogP contribution < -0.4 is 5.73 Å². The number of aryl methyl sites for hydroxylation is 2. The Morgan fingerprint density at radius 2 is 1.35 bits per heavy atom. The SMILES string of the molecule is Nc1cccc(CCCCc2ccccc2)c1. The predicted molar refractivity (Wildman–Crippen MR) is 73.9 cm³/mol. The molecule has 0 saturated heterocycles. The van der Waals surface area contributed by atoms with Crippen molar-refractivity contribution in [2.75, 3.05) is 5.73 Å². The van der Waals surface area contributed by atoms with E-state index in [2.05, 4.69) is 42.5 Å². The van der Waals surface area contributed by atoms with Gasteiger partial charge in [0, 0.05) is 5.69 Å². The molecule has 0 aliphatic heterocycles. The molecule has 0 heterocycles. The summed E-state index contributed by atoms with van der Waals surface area (Å²) in [6, 6.07) is 18.9. The molecule has 0 fully saturated rings. The van der Waals surface area contributed by atoms with Crippen molar-refractivity contribution in [3.8, 4) is 0 Å². The fourth-order valence-corrected chi connectivity index (χ4v) is 2.05. The molecule has 17 heavy (non-hydrogen) atoms. The Morgan fingerprint density at radius 1 is 0.706 bits per heavy atom. The van der Waals surface area contributed by atoms with Crippen LogP contribution in [0.15, 0.2) is 54.6 Å². The van der Waals surface area contributed by atoms with Gasteiger partial charge in [0.05, 0.1) is 0 Å². The van der Waals surface area contributed by atoms with Crippen LogP contribution in [-0.4, -0.2) is 0 Å². The van der Waals surface area contributed by atoms with Crippen molar-refractivity contribution in [2.45, 2.75) is 25.7 Å². The molecule has 88 valence electrons. The molecule has 0 aliphatic carbocycles. The molecule has 0 unspecified atom stereocenters. The zero-order chi connectivity index (χ0) is 11.9. The highest BCUT2D eigenvalue weighted by Crippen LogP contribution is 2.11. The standard InChI is InChI=1S/C16H19N/c17-16-12-6-11-15(13-16)10-5-4-9-14-7-2-1-3-8-14/h1-3,6-8,11-13H,4-5,9-10,17H2. The summed E-state index contributed by atoms with van der Waals surface area (Å²) in [6.07, 6.45) is 4.75. The van der Waals surface area contributed by atoms with Gasteiger partial charge in [-0.2, -0.15) is 0 Å². The molecule has 0 amide bonds. The molecule has 2 rings (SSSR count). The molecule has 0 aliphatic rings. The largest absolute Gasteiger partial charge is 0.399 e. The second-order valence-electron chi connectivity index (χ2n) is 4.44. The predicted octanol–water partition coefficient (Wildman–Crippen LogP) is 3.83. The molecule has 2 aromatic carbocycles. The van der Waals surface area contributed by atoms with Gasteiger partial charge in [-0.3, -0.25) is 0 Å². The average Bonchev–Trinajstić information content (AvgIpc) is 2.36. The molecule has 0 aromatic heterocycles. The van der Waals surface area contributed by atoms with E-state index in [0.29, 0.717) is 0 Å². The Kier molecular flexibility index (Phi) is 4.20. The van der Waals surface area contributed by atoms with Crippen LogP contribution in [0.25, 0.3) is 0 Å². The van der Waals surface area contributed by atoms with Crippen molar-refractivity contribution in [1.82, 2.24) is 0 Å². The lowest BCUT2D eigenvalue weighted by atomic mass is 10.0. The number of benzene rings is 2. The molecule has 2 N–H and O–H groups in total. The Morgan fingerprint density at radius 3 is 2.06 bits per heavy atom. The smallest absolute Gasteiger partial charge is 0.0316 e. The maximum absolute atomic E-state index is 5.75. The third kappa shape index (κ3) is 3.95. The summed E-state index contributed by atoms with van der Waals surface area (Å²) < 4.78 is 0. The molecule has 0 radical (unpaired) electrons. The Balaban J connectivity index is 1.73. The number of nitrogens with two attached hydrogens (primary N) is 1. The lowest BCUT2D eigenvalue weighted by Crippen LogP contribution is -1.91. The molecule has 0 spiro atoms. The van der Waals surface area contributed by atoms with Crippen molar-refractivity contribution in [2.24, 2.45) is 0 Å². The van der Waals surface area contributed by atoms with E-state index in [0.717, 1.165) is 12.1 Å². The summed E-state index contributed by atoms with van der Waals surface area (Å²) in [5.41, 5.74) is 9.40. The van der Waals surface area contributed by atoms with Crippen LogP contribution in [0.4, 0.5) is 5.69 Å². The monoisotopic (exact) mass is 225 g/mol. The Labute approximate surface area is 103 Å². The normalized spacial score (nSPS) is 10.4. The van der Waals surface area contributed by atoms with Crippen LogP contribution >= 0.6 is 0 Å². The molecule has 0 atom stereocenters. The summed E-state index contributed by atoms with van der Waals surface area (Å²) in [5.74, 6) is 0. The van der Waals surface area contributed by atoms with Crippen LogP contribution in [0.2, 0.25) is 0 Å². The lowest BCUT2D eigenvalue weighted by Gasteiger charge is -2.03. The zero-order valence-electron chi connectivity index (χ0n) is 10.1. The van der Waals surface area contributed by atoms with E-state index in [4.69, 9.17) is 5.73 Å². The fourth-order valence-electron chi connectivity index (χ4n) is 2.05. The Bertz CT molecular complexity index is 448. The van der Waals surface area contributed by atoms with Gasteiger partial charge in [-0.25, -0.2) is 0 Å². The lowest BCUT2D eigenvalue weighted by molar-refractivity contribution is 0.734. The van der Waals surface area contributed by atoms with Gasteiger partial charge < -0.3 is 5.73 Å². The number of hydrogen-bond acceptors (Lipinski definition) is 1. The van der Waals surface area contributed by atoms with Crippen molar-refractivity contribution < 1.29 is 0 Å². The molecular weight excluding hydrogens is 206 g/mol. The zero-order valence-corrected chi connectivity index (χ0v) is 10.1. The van der Waals surface area contributed by atoms with Gasteiger partial charge in [0.1, 0.15) is 0 Å². The maximum Gasteiger partial charge on any atom is 0.0316 e. The maximum atomic E-state index is 5.75. The summed E-state index contributed by atoms with van der Waals surface area (Å²) in [6.45, 7) is 0. The quantitative estimate of drug-likeness (QED) is 0.607. The third-order valence-corrected chi connectivity index (χ3v) is 2.97. The van der Waals surface area contributed by atoms with Gasteiger partial charge in [-0.1, -0.05) is 42.5 Å². The van der Waals surface area contributed by atoms with Crippen molar-refractivity contribution in [1.29, 1.82) is 0 Å². The van der Waals surface area contributed by atoms with Crippen LogP contribution in [0.3, 0.4) is 0 Å². The van der Waals surface area contributed by atoms with E-state index in [9.17, 15) is 0 Å². The van der Waals surface area contributed by atoms with E-state index < -0.39 is 0 Å². The number of hydrogen-bond donors (Lipinski definition) is 1. The molecule has 1 heteroatoms. The minimum Gasteiger partial charge on any atom is -0.399 e. The number of rotatable bonds is 5. The van der Waals surface area contributed by atoms with Crippen LogP contribution in [0.5, 0.6) is 0 Å². The minimum absolute atomic E-state index is 0.866. The van der Waals surface area contributed by atoms with E-state index >= 15 is 0 Å². The van der Waals surface area contributed by atoms with Crippen molar-refractivity contribution >= 4 is 5.69 Å². The highest BCUT2D eigenvalue weighted by molar-refractivity contribution is 5.40. The highest BCUT2D eigenvalue weighted by Gasteiger charge is 1.95. The first-order valence-electron chi connectivity index (χ1n) is 6.23. The second-order valence-corrected chi connectivity index (χ2v) is 4.44. The van der Waals surface area contributed by atoms with E-state index in [1.165, 1.54) is 30.4 Å².